The lowest BCUT2D eigenvalue weighted by Gasteiger charge is -2.19. The first-order valence-corrected chi connectivity index (χ1v) is 19.0. The van der Waals surface area contributed by atoms with Crippen molar-refractivity contribution < 1.29 is 15.0 Å². The Morgan fingerprint density at radius 3 is 1.49 bits per heavy atom. The molecule has 266 valence electrons. The minimum atomic E-state index is -0.868. The minimum Gasteiger partial charge on any atom is -0.394 e. The summed E-state index contributed by atoms with van der Waals surface area (Å²) in [5, 5.41) is 22.7. The molecule has 1 amide bonds. The van der Waals surface area contributed by atoms with E-state index in [0.717, 1.165) is 83.5 Å². The van der Waals surface area contributed by atoms with Gasteiger partial charge in [-0.15, -0.1) is 0 Å². The van der Waals surface area contributed by atoms with Crippen LogP contribution in [0.1, 0.15) is 149 Å². The second-order valence-corrected chi connectivity index (χ2v) is 12.2. The number of aliphatic hydroxyl groups excluding tert-OH is 2. The largest absolute Gasteiger partial charge is 0.394 e. The second kappa shape index (κ2) is 37.8. The maximum atomic E-state index is 12.3. The molecule has 0 aliphatic carbocycles. The van der Waals surface area contributed by atoms with Crippen molar-refractivity contribution in [3.05, 3.63) is 97.2 Å². The first-order valence-electron chi connectivity index (χ1n) is 19.0. The van der Waals surface area contributed by atoms with Crippen LogP contribution in [0.15, 0.2) is 97.2 Å². The molecule has 2 atom stereocenters. The Morgan fingerprint density at radius 2 is 0.957 bits per heavy atom. The molecule has 0 spiro atoms. The molecule has 2 unspecified atom stereocenters. The summed E-state index contributed by atoms with van der Waals surface area (Å²) < 4.78 is 0. The van der Waals surface area contributed by atoms with E-state index < -0.39 is 12.1 Å². The molecule has 0 rings (SSSR count). The molecule has 0 aromatic rings. The Labute approximate surface area is 290 Å². The number of carbonyl (C=O) groups is 1. The third-order valence-electron chi connectivity index (χ3n) is 7.80. The topological polar surface area (TPSA) is 69.6 Å². The van der Waals surface area contributed by atoms with E-state index in [2.05, 4.69) is 104 Å². The van der Waals surface area contributed by atoms with Crippen LogP contribution in [0.3, 0.4) is 0 Å². The predicted octanol–water partition coefficient (Wildman–Crippen LogP) is 11.5. The van der Waals surface area contributed by atoms with Crippen molar-refractivity contribution in [1.82, 2.24) is 5.32 Å². The number of hydrogen-bond donors (Lipinski definition) is 3. The van der Waals surface area contributed by atoms with Gasteiger partial charge in [-0.25, -0.2) is 0 Å². The maximum Gasteiger partial charge on any atom is 0.220 e. The van der Waals surface area contributed by atoms with E-state index in [1.165, 1.54) is 44.9 Å². The van der Waals surface area contributed by atoms with Gasteiger partial charge < -0.3 is 15.5 Å². The summed E-state index contributed by atoms with van der Waals surface area (Å²) in [5.41, 5.74) is 0. The zero-order valence-corrected chi connectivity index (χ0v) is 30.3. The van der Waals surface area contributed by atoms with Crippen molar-refractivity contribution in [2.75, 3.05) is 6.61 Å². The Kier molecular flexibility index (Phi) is 35.6. The van der Waals surface area contributed by atoms with Gasteiger partial charge in [-0.1, -0.05) is 162 Å². The molecule has 4 nitrogen and oxygen atoms in total. The molecular weight excluding hydrogens is 578 g/mol. The van der Waals surface area contributed by atoms with Gasteiger partial charge in [-0.3, -0.25) is 4.79 Å². The highest BCUT2D eigenvalue weighted by atomic mass is 16.3. The van der Waals surface area contributed by atoms with Crippen molar-refractivity contribution in [2.24, 2.45) is 0 Å². The molecule has 0 radical (unpaired) electrons. The van der Waals surface area contributed by atoms with E-state index in [-0.39, 0.29) is 12.5 Å². The van der Waals surface area contributed by atoms with Crippen LogP contribution in [-0.4, -0.2) is 34.9 Å². The van der Waals surface area contributed by atoms with Gasteiger partial charge in [0.15, 0.2) is 0 Å². The Balaban J connectivity index is 3.65. The van der Waals surface area contributed by atoms with Gasteiger partial charge in [0, 0.05) is 6.42 Å². The molecule has 0 aromatic heterocycles. The van der Waals surface area contributed by atoms with Crippen molar-refractivity contribution in [1.29, 1.82) is 0 Å². The van der Waals surface area contributed by atoms with Crippen LogP contribution in [0.2, 0.25) is 0 Å². The van der Waals surface area contributed by atoms with Crippen LogP contribution in [0, 0.1) is 0 Å². The van der Waals surface area contributed by atoms with E-state index in [9.17, 15) is 15.0 Å². The molecule has 0 heterocycles. The number of amides is 1. The normalized spacial score (nSPS) is 14.2. The molecule has 0 aromatic carbocycles. The quantitative estimate of drug-likeness (QED) is 0.0502. The first-order chi connectivity index (χ1) is 23.2. The third kappa shape index (κ3) is 34.5. The Bertz CT molecular complexity index is 921. The van der Waals surface area contributed by atoms with E-state index in [1.54, 1.807) is 6.08 Å². The lowest BCUT2D eigenvalue weighted by atomic mass is 10.1. The fourth-order valence-corrected chi connectivity index (χ4v) is 4.89. The Morgan fingerprint density at radius 1 is 0.532 bits per heavy atom. The molecular formula is C43H71NO3. The molecule has 0 bridgehead atoms. The highest BCUT2D eigenvalue weighted by molar-refractivity contribution is 5.76. The average Bonchev–Trinajstić information content (AvgIpc) is 3.07. The number of unbranched alkanes of at least 4 members (excludes halogenated alkanes) is 11. The summed E-state index contributed by atoms with van der Waals surface area (Å²) in [4.78, 5) is 12.3. The molecule has 0 saturated heterocycles. The van der Waals surface area contributed by atoms with Crippen LogP contribution < -0.4 is 5.32 Å². The van der Waals surface area contributed by atoms with Crippen LogP contribution in [0.4, 0.5) is 0 Å². The summed E-state index contributed by atoms with van der Waals surface area (Å²) in [7, 11) is 0. The summed E-state index contributed by atoms with van der Waals surface area (Å²) in [6.07, 6.45) is 56.5. The third-order valence-corrected chi connectivity index (χ3v) is 7.80. The van der Waals surface area contributed by atoms with Gasteiger partial charge >= 0.3 is 0 Å². The highest BCUT2D eigenvalue weighted by Gasteiger charge is 2.17. The fraction of sp³-hybridized carbons (Fsp3) is 0.605. The number of carbonyl (C=O) groups excluding carboxylic acids is 1. The number of rotatable bonds is 32. The van der Waals surface area contributed by atoms with Crippen molar-refractivity contribution in [2.45, 2.75) is 161 Å². The number of hydrogen-bond acceptors (Lipinski definition) is 3. The lowest BCUT2D eigenvalue weighted by Crippen LogP contribution is -2.45. The van der Waals surface area contributed by atoms with Crippen LogP contribution >= 0.6 is 0 Å². The van der Waals surface area contributed by atoms with E-state index in [1.807, 2.05) is 6.08 Å². The van der Waals surface area contributed by atoms with Gasteiger partial charge in [0.1, 0.15) is 0 Å². The molecule has 0 aliphatic rings. The average molecular weight is 650 g/mol. The standard InChI is InChI=1S/C43H71NO3/c1-3-5-7-9-11-13-14-15-16-17-18-19-20-21-22-23-24-25-26-27-28-29-30-31-33-35-37-39-43(47)44-41(40-45)42(46)38-36-34-32-12-10-8-6-4-2/h5,7,10-13,15-16,18-19,21-22,24-25,36,38,41-42,45-46H,3-4,6,8-9,14,17,20,23,26-35,37,39-40H2,1-2H3,(H,44,47)/b7-5-,12-10+,13-11-,16-15-,19-18-,22-21-,25-24-,38-36+. The van der Waals surface area contributed by atoms with E-state index in [0.29, 0.717) is 6.42 Å². The number of aliphatic hydroxyl groups is 2. The van der Waals surface area contributed by atoms with E-state index in [4.69, 9.17) is 0 Å². The number of allylic oxidation sites excluding steroid dienone is 15. The lowest BCUT2D eigenvalue weighted by molar-refractivity contribution is -0.123. The van der Waals surface area contributed by atoms with Gasteiger partial charge in [0.05, 0.1) is 18.8 Å². The van der Waals surface area contributed by atoms with Crippen molar-refractivity contribution in [3.8, 4) is 0 Å². The molecule has 3 N–H and O–H groups in total. The zero-order chi connectivity index (χ0) is 34.3. The first kappa shape index (κ1) is 44.3. The van der Waals surface area contributed by atoms with Crippen LogP contribution in [0.25, 0.3) is 0 Å². The summed E-state index contributed by atoms with van der Waals surface area (Å²) in [6, 6.07) is -0.647. The minimum absolute atomic E-state index is 0.0928. The maximum absolute atomic E-state index is 12.3. The summed E-state index contributed by atoms with van der Waals surface area (Å²) >= 11 is 0. The smallest absolute Gasteiger partial charge is 0.220 e. The van der Waals surface area contributed by atoms with Gasteiger partial charge in [0.2, 0.25) is 5.91 Å². The molecule has 47 heavy (non-hydrogen) atoms. The SMILES string of the molecule is CC/C=C\C/C=C\C/C=C\C/C=C\C/C=C\C/C=C\CCCCCCCCCCC(=O)NC(CO)C(O)/C=C/CC/C=C/CCCC. The van der Waals surface area contributed by atoms with Crippen LogP contribution in [-0.2, 0) is 4.79 Å². The molecule has 0 aliphatic heterocycles. The molecule has 0 saturated carbocycles. The predicted molar refractivity (Wildman–Crippen MR) is 206 cm³/mol. The molecule has 4 heteroatoms. The van der Waals surface area contributed by atoms with Gasteiger partial charge in [-0.2, -0.15) is 0 Å². The fourth-order valence-electron chi connectivity index (χ4n) is 4.89. The van der Waals surface area contributed by atoms with Crippen LogP contribution in [0.5, 0.6) is 0 Å². The summed E-state index contributed by atoms with van der Waals surface area (Å²) in [5.74, 6) is -0.0928. The summed E-state index contributed by atoms with van der Waals surface area (Å²) in [6.45, 7) is 4.08. The highest BCUT2D eigenvalue weighted by Crippen LogP contribution is 2.11. The van der Waals surface area contributed by atoms with Crippen molar-refractivity contribution in [3.63, 3.8) is 0 Å². The van der Waals surface area contributed by atoms with Gasteiger partial charge in [-0.05, 0) is 77.0 Å². The monoisotopic (exact) mass is 650 g/mol. The van der Waals surface area contributed by atoms with Gasteiger partial charge in [0.25, 0.3) is 0 Å². The Hall–Kier alpha value is -2.69. The van der Waals surface area contributed by atoms with Crippen molar-refractivity contribution >= 4 is 5.91 Å². The molecule has 0 fully saturated rings. The second-order valence-electron chi connectivity index (χ2n) is 12.2. The van der Waals surface area contributed by atoms with E-state index >= 15 is 0 Å². The zero-order valence-electron chi connectivity index (χ0n) is 30.3. The number of nitrogens with one attached hydrogen (secondary N) is 1.